The zero-order chi connectivity index (χ0) is 24.3. The highest BCUT2D eigenvalue weighted by Crippen LogP contribution is 2.49. The Morgan fingerprint density at radius 1 is 0.970 bits per heavy atom. The van der Waals surface area contributed by atoms with Gasteiger partial charge in [-0.05, 0) is 62.7 Å². The van der Waals surface area contributed by atoms with E-state index in [4.69, 9.17) is 14.2 Å². The van der Waals surface area contributed by atoms with E-state index in [1.807, 2.05) is 24.3 Å². The number of methoxy groups -OCH3 is 3. The summed E-state index contributed by atoms with van der Waals surface area (Å²) in [7, 11) is 4.66. The number of Topliss-reactive ketones (excluding diaryl/α,β-unsaturated/α-hetero) is 2. The van der Waals surface area contributed by atoms with Crippen LogP contribution in [0.1, 0.15) is 38.7 Å². The summed E-state index contributed by atoms with van der Waals surface area (Å²) in [5, 5.41) is 14.7. The maximum Gasteiger partial charge on any atom is 0.161 e. The number of benzene rings is 2. The van der Waals surface area contributed by atoms with E-state index < -0.39 is 17.4 Å². The summed E-state index contributed by atoms with van der Waals surface area (Å²) >= 11 is 0. The number of carbonyl (C=O) groups is 2. The first-order chi connectivity index (χ1) is 15.6. The molecule has 0 saturated carbocycles. The van der Waals surface area contributed by atoms with Crippen molar-refractivity contribution in [2.24, 2.45) is 5.92 Å². The molecule has 0 fully saturated rings. The summed E-state index contributed by atoms with van der Waals surface area (Å²) in [4.78, 5) is 25.8. The third kappa shape index (κ3) is 4.88. The van der Waals surface area contributed by atoms with Crippen LogP contribution in [0.4, 0.5) is 5.69 Å². The largest absolute Gasteiger partial charge is 0.497 e. The number of aliphatic hydroxyl groups is 1. The van der Waals surface area contributed by atoms with Crippen LogP contribution < -0.4 is 19.5 Å². The fraction of sp³-hybridized carbons (Fsp3) is 0.385. The number of rotatable bonds is 8. The summed E-state index contributed by atoms with van der Waals surface area (Å²) in [5.41, 5.74) is 1.09. The molecule has 0 radical (unpaired) electrons. The SMILES string of the molecule is COc1ccc(NC2=C(C(C)=O)[C@@H](c3ccc(OC)c(OC)c3)[C@H](C(C)=O)[C@](C)(O)C2)cc1. The van der Waals surface area contributed by atoms with E-state index in [-0.39, 0.29) is 18.0 Å². The standard InChI is InChI=1S/C26H31NO6/c1-15(28)23-20(27-18-8-10-19(31-4)11-9-18)14-26(3,30)25(16(2)29)24(23)17-7-12-21(32-5)22(13-17)33-6/h7-13,24-25,27,30H,14H2,1-6H3/t24-,25+,26-/m1/s1. The van der Waals surface area contributed by atoms with Gasteiger partial charge in [0.1, 0.15) is 11.5 Å². The van der Waals surface area contributed by atoms with Crippen LogP contribution in [0.15, 0.2) is 53.7 Å². The first kappa shape index (κ1) is 24.3. The minimum Gasteiger partial charge on any atom is -0.497 e. The Kier molecular flexibility index (Phi) is 7.12. The van der Waals surface area contributed by atoms with Crippen LogP contribution >= 0.6 is 0 Å². The fourth-order valence-electron chi connectivity index (χ4n) is 4.75. The second kappa shape index (κ2) is 9.67. The Labute approximate surface area is 194 Å². The van der Waals surface area contributed by atoms with E-state index >= 15 is 0 Å². The molecule has 0 aromatic heterocycles. The maximum atomic E-state index is 13.0. The Hall–Kier alpha value is -3.32. The van der Waals surface area contributed by atoms with E-state index in [1.54, 1.807) is 39.3 Å². The highest BCUT2D eigenvalue weighted by molar-refractivity contribution is 5.98. The molecule has 0 aliphatic heterocycles. The van der Waals surface area contributed by atoms with Crippen molar-refractivity contribution in [2.45, 2.75) is 38.7 Å². The van der Waals surface area contributed by atoms with Gasteiger partial charge in [0.15, 0.2) is 17.3 Å². The van der Waals surface area contributed by atoms with E-state index in [0.29, 0.717) is 34.1 Å². The molecule has 3 atom stereocenters. The number of anilines is 1. The van der Waals surface area contributed by atoms with Crippen LogP contribution in [0.3, 0.4) is 0 Å². The van der Waals surface area contributed by atoms with Crippen molar-refractivity contribution >= 4 is 17.3 Å². The van der Waals surface area contributed by atoms with Crippen molar-refractivity contribution in [3.05, 3.63) is 59.3 Å². The fourth-order valence-corrected chi connectivity index (χ4v) is 4.75. The highest BCUT2D eigenvalue weighted by Gasteiger charge is 2.49. The Balaban J connectivity index is 2.20. The number of nitrogens with one attached hydrogen (secondary N) is 1. The first-order valence-corrected chi connectivity index (χ1v) is 10.7. The van der Waals surface area contributed by atoms with Gasteiger partial charge in [-0.15, -0.1) is 0 Å². The van der Waals surface area contributed by atoms with Gasteiger partial charge in [-0.25, -0.2) is 0 Å². The van der Waals surface area contributed by atoms with Crippen molar-refractivity contribution in [1.29, 1.82) is 0 Å². The third-order valence-electron chi connectivity index (χ3n) is 6.14. The van der Waals surface area contributed by atoms with E-state index in [1.165, 1.54) is 21.0 Å². The third-order valence-corrected chi connectivity index (χ3v) is 6.14. The zero-order valence-electron chi connectivity index (χ0n) is 19.9. The van der Waals surface area contributed by atoms with Crippen molar-refractivity contribution in [1.82, 2.24) is 0 Å². The van der Waals surface area contributed by atoms with Crippen LogP contribution in [-0.4, -0.2) is 43.6 Å². The number of allylic oxidation sites excluding steroid dienone is 1. The molecule has 2 N–H and O–H groups in total. The van der Waals surface area contributed by atoms with Crippen molar-refractivity contribution in [3.63, 3.8) is 0 Å². The van der Waals surface area contributed by atoms with Gasteiger partial charge in [-0.1, -0.05) is 6.07 Å². The average Bonchev–Trinajstić information content (AvgIpc) is 2.77. The molecule has 1 aliphatic rings. The number of carbonyl (C=O) groups excluding carboxylic acids is 2. The maximum absolute atomic E-state index is 13.0. The predicted molar refractivity (Wildman–Crippen MR) is 126 cm³/mol. The van der Waals surface area contributed by atoms with E-state index in [0.717, 1.165) is 5.69 Å². The quantitative estimate of drug-likeness (QED) is 0.621. The molecule has 7 nitrogen and oxygen atoms in total. The lowest BCUT2D eigenvalue weighted by molar-refractivity contribution is -0.131. The van der Waals surface area contributed by atoms with Gasteiger partial charge < -0.3 is 24.6 Å². The highest BCUT2D eigenvalue weighted by atomic mass is 16.5. The first-order valence-electron chi connectivity index (χ1n) is 10.7. The van der Waals surface area contributed by atoms with Crippen LogP contribution in [0.25, 0.3) is 0 Å². The second-order valence-electron chi connectivity index (χ2n) is 8.52. The summed E-state index contributed by atoms with van der Waals surface area (Å²) in [5.74, 6) is -0.116. The van der Waals surface area contributed by atoms with E-state index in [2.05, 4.69) is 5.32 Å². The minimum atomic E-state index is -1.38. The molecule has 0 heterocycles. The minimum absolute atomic E-state index is 0.127. The molecule has 176 valence electrons. The lowest BCUT2D eigenvalue weighted by Gasteiger charge is -2.43. The van der Waals surface area contributed by atoms with Gasteiger partial charge >= 0.3 is 0 Å². The lowest BCUT2D eigenvalue weighted by atomic mass is 9.64. The molecule has 2 aromatic rings. The number of ketones is 2. The van der Waals surface area contributed by atoms with Gasteiger partial charge in [0.05, 0.1) is 32.8 Å². The molecule has 0 saturated heterocycles. The molecule has 0 spiro atoms. The molecule has 7 heteroatoms. The molecular formula is C26H31NO6. The van der Waals surface area contributed by atoms with Gasteiger partial charge in [-0.3, -0.25) is 9.59 Å². The van der Waals surface area contributed by atoms with Gasteiger partial charge in [0.2, 0.25) is 0 Å². The van der Waals surface area contributed by atoms with Crippen LogP contribution in [0.5, 0.6) is 17.2 Å². The van der Waals surface area contributed by atoms with Crippen molar-refractivity contribution in [2.75, 3.05) is 26.6 Å². The summed E-state index contributed by atoms with van der Waals surface area (Å²) in [6, 6.07) is 12.6. The molecule has 33 heavy (non-hydrogen) atoms. The predicted octanol–water partition coefficient (Wildman–Crippen LogP) is 4.11. The molecule has 2 aromatic carbocycles. The second-order valence-corrected chi connectivity index (χ2v) is 8.52. The van der Waals surface area contributed by atoms with E-state index in [9.17, 15) is 14.7 Å². The summed E-state index contributed by atoms with van der Waals surface area (Å²) in [6.45, 7) is 4.57. The normalized spacial score (nSPS) is 22.5. The number of ether oxygens (including phenoxy) is 3. The van der Waals surface area contributed by atoms with Crippen molar-refractivity contribution < 1.29 is 28.9 Å². The zero-order valence-corrected chi connectivity index (χ0v) is 19.9. The number of hydrogen-bond donors (Lipinski definition) is 2. The Morgan fingerprint density at radius 3 is 2.12 bits per heavy atom. The summed E-state index contributed by atoms with van der Waals surface area (Å²) in [6.07, 6.45) is 0.127. The smallest absolute Gasteiger partial charge is 0.161 e. The van der Waals surface area contributed by atoms with Gasteiger partial charge in [-0.2, -0.15) is 0 Å². The molecule has 0 amide bonds. The summed E-state index contributed by atoms with van der Waals surface area (Å²) < 4.78 is 16.0. The lowest BCUT2D eigenvalue weighted by Crippen LogP contribution is -2.48. The average molecular weight is 454 g/mol. The van der Waals surface area contributed by atoms with Crippen molar-refractivity contribution in [3.8, 4) is 17.2 Å². The Bertz CT molecular complexity index is 1070. The van der Waals surface area contributed by atoms with Crippen LogP contribution in [-0.2, 0) is 9.59 Å². The van der Waals surface area contributed by atoms with Crippen LogP contribution in [0, 0.1) is 5.92 Å². The Morgan fingerprint density at radius 2 is 1.61 bits per heavy atom. The molecule has 0 bridgehead atoms. The number of hydrogen-bond acceptors (Lipinski definition) is 7. The van der Waals surface area contributed by atoms with Gasteiger partial charge in [0, 0.05) is 29.3 Å². The molecular weight excluding hydrogens is 422 g/mol. The van der Waals surface area contributed by atoms with Gasteiger partial charge in [0.25, 0.3) is 0 Å². The topological polar surface area (TPSA) is 94.1 Å². The monoisotopic (exact) mass is 453 g/mol. The van der Waals surface area contributed by atoms with Crippen LogP contribution in [0.2, 0.25) is 0 Å². The molecule has 1 aliphatic carbocycles. The molecule has 0 unspecified atom stereocenters. The molecule has 3 rings (SSSR count).